The van der Waals surface area contributed by atoms with E-state index in [1.54, 1.807) is 0 Å². The number of rotatable bonds is 3. The molecular formula is C8H18LiN. The van der Waals surface area contributed by atoms with Gasteiger partial charge in [0, 0.05) is 12.8 Å². The van der Waals surface area contributed by atoms with E-state index >= 15 is 0 Å². The van der Waals surface area contributed by atoms with E-state index in [1.807, 2.05) is 6.21 Å². The molecule has 0 unspecified atom stereocenters. The van der Waals surface area contributed by atoms with E-state index in [0.717, 1.165) is 6.54 Å². The Morgan fingerprint density at radius 2 is 1.70 bits per heavy atom. The average Bonchev–Trinajstić information content (AvgIpc) is 1.63. The van der Waals surface area contributed by atoms with Crippen molar-refractivity contribution in [3.63, 3.8) is 0 Å². The SMILES string of the molecule is CC(C)C=NCC(C)C.[LiH]. The van der Waals surface area contributed by atoms with Gasteiger partial charge in [-0.25, -0.2) is 0 Å². The summed E-state index contributed by atoms with van der Waals surface area (Å²) in [6.45, 7) is 9.61. The van der Waals surface area contributed by atoms with Crippen molar-refractivity contribution in [2.45, 2.75) is 27.7 Å². The van der Waals surface area contributed by atoms with Crippen molar-refractivity contribution in [1.82, 2.24) is 0 Å². The minimum absolute atomic E-state index is 0. The molecule has 0 fully saturated rings. The molecule has 0 aromatic rings. The Kier molecular flexibility index (Phi) is 9.52. The Labute approximate surface area is 76.5 Å². The van der Waals surface area contributed by atoms with E-state index in [9.17, 15) is 0 Å². The zero-order valence-electron chi connectivity index (χ0n) is 6.89. The van der Waals surface area contributed by atoms with Gasteiger partial charge in [0.1, 0.15) is 0 Å². The fraction of sp³-hybridized carbons (Fsp3) is 0.875. The summed E-state index contributed by atoms with van der Waals surface area (Å²) in [6, 6.07) is 0. The van der Waals surface area contributed by atoms with Crippen LogP contribution >= 0.6 is 0 Å². The molecule has 0 spiro atoms. The van der Waals surface area contributed by atoms with E-state index in [0.29, 0.717) is 11.8 Å². The van der Waals surface area contributed by atoms with Crippen molar-refractivity contribution in [1.29, 1.82) is 0 Å². The summed E-state index contributed by atoms with van der Waals surface area (Å²) >= 11 is 0. The molecule has 2 heteroatoms. The van der Waals surface area contributed by atoms with Gasteiger partial charge < -0.3 is 0 Å². The van der Waals surface area contributed by atoms with E-state index in [1.165, 1.54) is 0 Å². The molecular weight excluding hydrogens is 117 g/mol. The predicted molar refractivity (Wildman–Crippen MR) is 50.2 cm³/mol. The van der Waals surface area contributed by atoms with E-state index in [4.69, 9.17) is 0 Å². The first kappa shape index (κ1) is 12.9. The molecule has 1 nitrogen and oxygen atoms in total. The summed E-state index contributed by atoms with van der Waals surface area (Å²) in [5, 5.41) is 0. The molecule has 0 amide bonds. The van der Waals surface area contributed by atoms with Gasteiger partial charge in [-0.2, -0.15) is 0 Å². The number of aliphatic imine (C=N–C) groups is 1. The van der Waals surface area contributed by atoms with Gasteiger partial charge in [-0.15, -0.1) is 0 Å². The van der Waals surface area contributed by atoms with Crippen LogP contribution in [0.15, 0.2) is 4.99 Å². The third-order valence-electron chi connectivity index (χ3n) is 0.874. The molecule has 0 aliphatic heterocycles. The first-order valence-corrected chi connectivity index (χ1v) is 3.63. The summed E-state index contributed by atoms with van der Waals surface area (Å²) < 4.78 is 0. The fourth-order valence-corrected chi connectivity index (χ4v) is 0.482. The molecule has 0 aromatic carbocycles. The van der Waals surface area contributed by atoms with Crippen LogP contribution in [-0.2, 0) is 0 Å². The summed E-state index contributed by atoms with van der Waals surface area (Å²) in [5.41, 5.74) is 0. The van der Waals surface area contributed by atoms with Gasteiger partial charge in [0.25, 0.3) is 0 Å². The van der Waals surface area contributed by atoms with Crippen LogP contribution in [0, 0.1) is 11.8 Å². The predicted octanol–water partition coefficient (Wildman–Crippen LogP) is 1.72. The van der Waals surface area contributed by atoms with Gasteiger partial charge >= 0.3 is 18.9 Å². The van der Waals surface area contributed by atoms with Gasteiger partial charge in [0.15, 0.2) is 0 Å². The molecule has 0 aromatic heterocycles. The van der Waals surface area contributed by atoms with Crippen molar-refractivity contribution < 1.29 is 0 Å². The standard InChI is InChI=1S/C8H17N.Li.H/c1-7(2)5-9-6-8(3)4;;/h5,7-8H,6H2,1-4H3;;. The van der Waals surface area contributed by atoms with Crippen molar-refractivity contribution in [3.8, 4) is 0 Å². The molecule has 0 radical (unpaired) electrons. The monoisotopic (exact) mass is 135 g/mol. The van der Waals surface area contributed by atoms with Crippen LogP contribution in [0.25, 0.3) is 0 Å². The normalized spacial score (nSPS) is 11.0. The Morgan fingerprint density at radius 3 is 2.00 bits per heavy atom. The van der Waals surface area contributed by atoms with Crippen LogP contribution in [0.2, 0.25) is 0 Å². The number of hydrogen-bond acceptors (Lipinski definition) is 1. The molecule has 0 saturated heterocycles. The minimum atomic E-state index is 0. The van der Waals surface area contributed by atoms with Gasteiger partial charge in [0.05, 0.1) is 0 Å². The Bertz CT molecular complexity index is 87.3. The fourth-order valence-electron chi connectivity index (χ4n) is 0.482. The van der Waals surface area contributed by atoms with Gasteiger partial charge in [-0.1, -0.05) is 27.7 Å². The van der Waals surface area contributed by atoms with E-state index in [2.05, 4.69) is 32.7 Å². The van der Waals surface area contributed by atoms with Crippen LogP contribution in [-0.4, -0.2) is 31.6 Å². The summed E-state index contributed by atoms with van der Waals surface area (Å²) in [6.07, 6.45) is 2.01. The van der Waals surface area contributed by atoms with Crippen molar-refractivity contribution >= 4 is 25.1 Å². The second-order valence-electron chi connectivity index (χ2n) is 3.15. The second kappa shape index (κ2) is 7.38. The molecule has 0 heterocycles. The second-order valence-corrected chi connectivity index (χ2v) is 3.15. The molecule has 0 rings (SSSR count). The van der Waals surface area contributed by atoms with Crippen molar-refractivity contribution in [3.05, 3.63) is 0 Å². The molecule has 0 saturated carbocycles. The third-order valence-corrected chi connectivity index (χ3v) is 0.874. The van der Waals surface area contributed by atoms with Crippen LogP contribution in [0.4, 0.5) is 0 Å². The summed E-state index contributed by atoms with van der Waals surface area (Å²) in [5.74, 6) is 1.30. The van der Waals surface area contributed by atoms with Crippen LogP contribution in [0.5, 0.6) is 0 Å². The first-order valence-electron chi connectivity index (χ1n) is 3.63. The molecule has 0 aliphatic carbocycles. The zero-order valence-corrected chi connectivity index (χ0v) is 6.89. The van der Waals surface area contributed by atoms with Crippen LogP contribution in [0.3, 0.4) is 0 Å². The van der Waals surface area contributed by atoms with Crippen LogP contribution < -0.4 is 0 Å². The Hall–Kier alpha value is 0.267. The molecule has 0 N–H and O–H groups in total. The summed E-state index contributed by atoms with van der Waals surface area (Å²) in [4.78, 5) is 4.25. The zero-order chi connectivity index (χ0) is 7.28. The number of hydrogen-bond donors (Lipinski definition) is 0. The Morgan fingerprint density at radius 1 is 1.20 bits per heavy atom. The van der Waals surface area contributed by atoms with E-state index < -0.39 is 0 Å². The van der Waals surface area contributed by atoms with E-state index in [-0.39, 0.29) is 18.9 Å². The quantitative estimate of drug-likeness (QED) is 0.412. The molecule has 0 aliphatic rings. The Balaban J connectivity index is 0. The van der Waals surface area contributed by atoms with Gasteiger partial charge in [-0.3, -0.25) is 4.99 Å². The molecule has 56 valence electrons. The maximum absolute atomic E-state index is 4.25. The van der Waals surface area contributed by atoms with Crippen LogP contribution in [0.1, 0.15) is 27.7 Å². The maximum atomic E-state index is 4.25. The number of nitrogens with zero attached hydrogens (tertiary/aromatic N) is 1. The average molecular weight is 135 g/mol. The third kappa shape index (κ3) is 11.1. The van der Waals surface area contributed by atoms with Gasteiger partial charge in [0.2, 0.25) is 0 Å². The molecule has 0 atom stereocenters. The van der Waals surface area contributed by atoms with Crippen molar-refractivity contribution in [2.75, 3.05) is 6.54 Å². The molecule has 10 heavy (non-hydrogen) atoms. The van der Waals surface area contributed by atoms with Crippen molar-refractivity contribution in [2.24, 2.45) is 16.8 Å². The summed E-state index contributed by atoms with van der Waals surface area (Å²) in [7, 11) is 0. The first-order chi connectivity index (χ1) is 4.13. The van der Waals surface area contributed by atoms with Gasteiger partial charge in [-0.05, 0) is 11.8 Å². The topological polar surface area (TPSA) is 12.4 Å². The molecule has 0 bridgehead atoms.